The zero-order chi connectivity index (χ0) is 7.68. The molecule has 2 rings (SSSR count). The Labute approximate surface area is 65.8 Å². The van der Waals surface area contributed by atoms with E-state index in [9.17, 15) is 4.79 Å². The Bertz CT molecular complexity index is 264. The van der Waals surface area contributed by atoms with Crippen LogP contribution in [-0.4, -0.2) is 10.9 Å². The molecule has 0 bridgehead atoms. The van der Waals surface area contributed by atoms with Crippen LogP contribution in [0, 0.1) is 5.92 Å². The molecule has 1 atom stereocenters. The Hall–Kier alpha value is -1.05. The van der Waals surface area contributed by atoms with Gasteiger partial charge >= 0.3 is 0 Å². The summed E-state index contributed by atoms with van der Waals surface area (Å²) in [6.07, 6.45) is 5.09. The number of hydrogen-bond acceptors (Lipinski definition) is 1. The molecule has 2 heteroatoms. The summed E-state index contributed by atoms with van der Waals surface area (Å²) in [6, 6.07) is 4.14. The van der Waals surface area contributed by atoms with E-state index in [2.05, 4.69) is 16.8 Å². The molecule has 0 amide bonds. The summed E-state index contributed by atoms with van der Waals surface area (Å²) in [5.41, 5.74) is 1.30. The summed E-state index contributed by atoms with van der Waals surface area (Å²) in [5.74, 6) is 0.261. The minimum absolute atomic E-state index is 0.261. The van der Waals surface area contributed by atoms with Crippen LogP contribution in [0.5, 0.6) is 0 Å². The number of hydrogen-bond donors (Lipinski definition) is 0. The average molecular weight is 149 g/mol. The molecule has 1 aliphatic heterocycles. The molecule has 1 aromatic heterocycles. The standard InChI is InChI=1S/C9H11NO/c11-7-8-3-5-10-4-1-2-9(10)6-8/h1-2,4,7-8H,3,5-6H2. The number of aryl methyl sites for hydroxylation is 1. The van der Waals surface area contributed by atoms with Gasteiger partial charge < -0.3 is 9.36 Å². The van der Waals surface area contributed by atoms with Gasteiger partial charge in [0.1, 0.15) is 6.29 Å². The molecule has 58 valence electrons. The number of rotatable bonds is 1. The number of aromatic nitrogens is 1. The lowest BCUT2D eigenvalue weighted by molar-refractivity contribution is -0.111. The maximum Gasteiger partial charge on any atom is 0.123 e. The molecule has 0 aromatic carbocycles. The molecule has 0 N–H and O–H groups in total. The van der Waals surface area contributed by atoms with Gasteiger partial charge in [0.2, 0.25) is 0 Å². The van der Waals surface area contributed by atoms with Crippen LogP contribution in [0.15, 0.2) is 18.3 Å². The van der Waals surface area contributed by atoms with Crippen molar-refractivity contribution in [3.8, 4) is 0 Å². The van der Waals surface area contributed by atoms with Gasteiger partial charge in [-0.25, -0.2) is 0 Å². The number of nitrogens with zero attached hydrogens (tertiary/aromatic N) is 1. The molecule has 0 saturated carbocycles. The molecular formula is C9H11NO. The van der Waals surface area contributed by atoms with E-state index in [1.165, 1.54) is 5.69 Å². The van der Waals surface area contributed by atoms with Crippen molar-refractivity contribution < 1.29 is 4.79 Å². The summed E-state index contributed by atoms with van der Waals surface area (Å²) in [5, 5.41) is 0. The molecule has 2 heterocycles. The highest BCUT2D eigenvalue weighted by molar-refractivity contribution is 5.54. The first-order chi connectivity index (χ1) is 5.40. The van der Waals surface area contributed by atoms with Crippen LogP contribution < -0.4 is 0 Å². The maximum absolute atomic E-state index is 10.5. The van der Waals surface area contributed by atoms with Gasteiger partial charge in [-0.15, -0.1) is 0 Å². The lowest BCUT2D eigenvalue weighted by Gasteiger charge is -2.19. The van der Waals surface area contributed by atoms with E-state index in [-0.39, 0.29) is 5.92 Å². The van der Waals surface area contributed by atoms with Gasteiger partial charge in [0.15, 0.2) is 0 Å². The summed E-state index contributed by atoms with van der Waals surface area (Å²) >= 11 is 0. The Morgan fingerprint density at radius 2 is 2.55 bits per heavy atom. The minimum atomic E-state index is 0.261. The van der Waals surface area contributed by atoms with Crippen LogP contribution >= 0.6 is 0 Å². The lowest BCUT2D eigenvalue weighted by atomic mass is 9.98. The Balaban J connectivity index is 2.24. The maximum atomic E-state index is 10.5. The van der Waals surface area contributed by atoms with Crippen LogP contribution in [-0.2, 0) is 17.8 Å². The Kier molecular flexibility index (Phi) is 1.53. The fourth-order valence-corrected chi connectivity index (χ4v) is 1.64. The van der Waals surface area contributed by atoms with E-state index >= 15 is 0 Å². The molecule has 2 nitrogen and oxygen atoms in total. The third kappa shape index (κ3) is 1.09. The first-order valence-corrected chi connectivity index (χ1v) is 3.99. The quantitative estimate of drug-likeness (QED) is 0.551. The smallest absolute Gasteiger partial charge is 0.123 e. The van der Waals surface area contributed by atoms with Gasteiger partial charge in [0.25, 0.3) is 0 Å². The van der Waals surface area contributed by atoms with Gasteiger partial charge in [-0.1, -0.05) is 0 Å². The van der Waals surface area contributed by atoms with E-state index in [4.69, 9.17) is 0 Å². The van der Waals surface area contributed by atoms with Gasteiger partial charge in [-0.3, -0.25) is 0 Å². The highest BCUT2D eigenvalue weighted by atomic mass is 16.1. The Morgan fingerprint density at radius 3 is 3.36 bits per heavy atom. The average Bonchev–Trinajstić information content (AvgIpc) is 2.50. The molecule has 0 aliphatic carbocycles. The van der Waals surface area contributed by atoms with Crippen molar-refractivity contribution in [3.63, 3.8) is 0 Å². The molecule has 1 unspecified atom stereocenters. The third-order valence-electron chi connectivity index (χ3n) is 2.33. The monoisotopic (exact) mass is 149 g/mol. The van der Waals surface area contributed by atoms with E-state index in [0.29, 0.717) is 0 Å². The second-order valence-corrected chi connectivity index (χ2v) is 3.08. The van der Waals surface area contributed by atoms with E-state index in [0.717, 1.165) is 25.7 Å². The van der Waals surface area contributed by atoms with Crippen LogP contribution in [0.1, 0.15) is 12.1 Å². The van der Waals surface area contributed by atoms with E-state index < -0.39 is 0 Å². The summed E-state index contributed by atoms with van der Waals surface area (Å²) in [6.45, 7) is 1.01. The number of carbonyl (C=O) groups is 1. The zero-order valence-corrected chi connectivity index (χ0v) is 6.36. The fourth-order valence-electron chi connectivity index (χ4n) is 1.64. The normalized spacial score (nSPS) is 22.7. The summed E-state index contributed by atoms with van der Waals surface area (Å²) in [7, 11) is 0. The highest BCUT2D eigenvalue weighted by Crippen LogP contribution is 2.18. The van der Waals surface area contributed by atoms with Gasteiger partial charge in [0, 0.05) is 24.4 Å². The van der Waals surface area contributed by atoms with Crippen molar-refractivity contribution in [1.29, 1.82) is 0 Å². The van der Waals surface area contributed by atoms with Crippen molar-refractivity contribution in [2.45, 2.75) is 19.4 Å². The summed E-state index contributed by atoms with van der Waals surface area (Å²) in [4.78, 5) is 10.5. The molecule has 0 saturated heterocycles. The molecule has 11 heavy (non-hydrogen) atoms. The first kappa shape index (κ1) is 6.65. The van der Waals surface area contributed by atoms with E-state index in [1.807, 2.05) is 6.07 Å². The SMILES string of the molecule is O=CC1CCn2cccc2C1. The second-order valence-electron chi connectivity index (χ2n) is 3.08. The topological polar surface area (TPSA) is 22.0 Å². The largest absolute Gasteiger partial charge is 0.351 e. The van der Waals surface area contributed by atoms with Crippen molar-refractivity contribution >= 4 is 6.29 Å². The molecule has 0 fully saturated rings. The van der Waals surface area contributed by atoms with Gasteiger partial charge in [-0.05, 0) is 25.0 Å². The molecule has 1 aliphatic rings. The zero-order valence-electron chi connectivity index (χ0n) is 6.36. The molecular weight excluding hydrogens is 138 g/mol. The second kappa shape index (κ2) is 2.53. The van der Waals surface area contributed by atoms with Gasteiger partial charge in [0.05, 0.1) is 0 Å². The number of fused-ring (bicyclic) bond motifs is 1. The predicted molar refractivity (Wildman–Crippen MR) is 42.3 cm³/mol. The lowest BCUT2D eigenvalue weighted by Crippen LogP contribution is -2.18. The van der Waals surface area contributed by atoms with Crippen LogP contribution in [0.25, 0.3) is 0 Å². The van der Waals surface area contributed by atoms with Crippen molar-refractivity contribution in [3.05, 3.63) is 24.0 Å². The van der Waals surface area contributed by atoms with Crippen LogP contribution in [0.4, 0.5) is 0 Å². The minimum Gasteiger partial charge on any atom is -0.351 e. The van der Waals surface area contributed by atoms with E-state index in [1.54, 1.807) is 0 Å². The molecule has 0 spiro atoms. The summed E-state index contributed by atoms with van der Waals surface area (Å²) < 4.78 is 2.22. The predicted octanol–water partition coefficient (Wildman–Crippen LogP) is 1.25. The number of aldehydes is 1. The van der Waals surface area contributed by atoms with Crippen LogP contribution in [0.3, 0.4) is 0 Å². The van der Waals surface area contributed by atoms with Gasteiger partial charge in [-0.2, -0.15) is 0 Å². The van der Waals surface area contributed by atoms with Crippen molar-refractivity contribution in [2.75, 3.05) is 0 Å². The fraction of sp³-hybridized carbons (Fsp3) is 0.444. The number of carbonyl (C=O) groups excluding carboxylic acids is 1. The molecule has 1 aromatic rings. The first-order valence-electron chi connectivity index (χ1n) is 3.99. The third-order valence-corrected chi connectivity index (χ3v) is 2.33. The highest BCUT2D eigenvalue weighted by Gasteiger charge is 2.16. The van der Waals surface area contributed by atoms with Crippen LogP contribution in [0.2, 0.25) is 0 Å². The van der Waals surface area contributed by atoms with Crippen molar-refractivity contribution in [1.82, 2.24) is 4.57 Å². The molecule has 0 radical (unpaired) electrons. The Morgan fingerprint density at radius 1 is 1.64 bits per heavy atom. The van der Waals surface area contributed by atoms with Crippen molar-refractivity contribution in [2.24, 2.45) is 5.92 Å².